The predicted octanol–water partition coefficient (Wildman–Crippen LogP) is 4.39. The van der Waals surface area contributed by atoms with Crippen molar-refractivity contribution in [2.75, 3.05) is 6.61 Å². The topological polar surface area (TPSA) is 9.23 Å². The normalized spacial score (nSPS) is 11.9. The van der Waals surface area contributed by atoms with E-state index in [2.05, 4.69) is 0 Å². The first-order chi connectivity index (χ1) is 7.29. The molecule has 0 atom stereocenters. The summed E-state index contributed by atoms with van der Waals surface area (Å²) in [6, 6.07) is 3.21. The van der Waals surface area contributed by atoms with Gasteiger partial charge in [-0.1, -0.05) is 25.4 Å². The lowest BCUT2D eigenvalue weighted by molar-refractivity contribution is -0.137. The Morgan fingerprint density at radius 1 is 1.25 bits per heavy atom. The van der Waals surface area contributed by atoms with Crippen molar-refractivity contribution in [2.24, 2.45) is 5.92 Å². The van der Waals surface area contributed by atoms with Gasteiger partial charge in [-0.05, 0) is 24.1 Å². The molecule has 0 fully saturated rings. The summed E-state index contributed by atoms with van der Waals surface area (Å²) in [5.41, 5.74) is -0.793. The van der Waals surface area contributed by atoms with E-state index in [4.69, 9.17) is 16.3 Å². The largest absolute Gasteiger partial charge is 0.493 e. The molecule has 0 radical (unpaired) electrons. The van der Waals surface area contributed by atoms with Gasteiger partial charge < -0.3 is 4.74 Å². The first kappa shape index (κ1) is 13.2. The first-order valence-electron chi connectivity index (χ1n) is 4.79. The summed E-state index contributed by atoms with van der Waals surface area (Å²) >= 11 is 5.59. The number of ether oxygens (including phenoxy) is 1. The molecular weight excluding hydrogens is 241 g/mol. The molecular formula is C11H12ClF3O. The second-order valence-electron chi connectivity index (χ2n) is 3.88. The summed E-state index contributed by atoms with van der Waals surface area (Å²) in [7, 11) is 0. The Morgan fingerprint density at radius 2 is 1.88 bits per heavy atom. The van der Waals surface area contributed by atoms with Gasteiger partial charge in [0.15, 0.2) is 0 Å². The second kappa shape index (κ2) is 4.95. The van der Waals surface area contributed by atoms with Gasteiger partial charge in [-0.15, -0.1) is 0 Å². The Morgan fingerprint density at radius 3 is 2.38 bits per heavy atom. The fourth-order valence-electron chi connectivity index (χ4n) is 1.07. The van der Waals surface area contributed by atoms with Crippen molar-refractivity contribution in [2.45, 2.75) is 20.0 Å². The molecule has 1 nitrogen and oxygen atoms in total. The molecule has 90 valence electrons. The summed E-state index contributed by atoms with van der Waals surface area (Å²) < 4.78 is 42.5. The van der Waals surface area contributed by atoms with Gasteiger partial charge in [0, 0.05) is 5.02 Å². The van der Waals surface area contributed by atoms with Crippen LogP contribution >= 0.6 is 11.6 Å². The van der Waals surface area contributed by atoms with Gasteiger partial charge >= 0.3 is 6.18 Å². The summed E-state index contributed by atoms with van der Waals surface area (Å²) in [6.07, 6.45) is -4.40. The monoisotopic (exact) mass is 252 g/mol. The van der Waals surface area contributed by atoms with Crippen LogP contribution in [0, 0.1) is 5.92 Å². The van der Waals surface area contributed by atoms with Crippen molar-refractivity contribution >= 4 is 11.6 Å². The van der Waals surface area contributed by atoms with Gasteiger partial charge in [0.05, 0.1) is 12.2 Å². The van der Waals surface area contributed by atoms with Crippen LogP contribution in [0.4, 0.5) is 13.2 Å². The van der Waals surface area contributed by atoms with Crippen LogP contribution in [0.5, 0.6) is 5.75 Å². The highest BCUT2D eigenvalue weighted by Crippen LogP contribution is 2.34. The molecule has 0 heterocycles. The fourth-order valence-corrected chi connectivity index (χ4v) is 1.30. The summed E-state index contributed by atoms with van der Waals surface area (Å²) in [5, 5.41) is 0.0218. The molecule has 0 saturated heterocycles. The lowest BCUT2D eigenvalue weighted by atomic mass is 10.2. The molecule has 5 heteroatoms. The highest BCUT2D eigenvalue weighted by atomic mass is 35.5. The zero-order chi connectivity index (χ0) is 12.3. The molecule has 16 heavy (non-hydrogen) atoms. The summed E-state index contributed by atoms with van der Waals surface area (Å²) in [4.78, 5) is 0. The Balaban J connectivity index is 2.90. The van der Waals surface area contributed by atoms with Crippen LogP contribution < -0.4 is 4.74 Å². The van der Waals surface area contributed by atoms with Crippen molar-refractivity contribution in [3.05, 3.63) is 28.8 Å². The Kier molecular flexibility index (Phi) is 4.08. The van der Waals surface area contributed by atoms with Crippen molar-refractivity contribution in [3.8, 4) is 5.75 Å². The molecule has 1 aromatic carbocycles. The highest BCUT2D eigenvalue weighted by molar-refractivity contribution is 6.30. The van der Waals surface area contributed by atoms with Gasteiger partial charge in [-0.25, -0.2) is 0 Å². The molecule has 0 N–H and O–H groups in total. The first-order valence-corrected chi connectivity index (χ1v) is 5.17. The zero-order valence-electron chi connectivity index (χ0n) is 8.94. The number of halogens is 4. The molecule has 0 amide bonds. The van der Waals surface area contributed by atoms with Crippen LogP contribution in [-0.2, 0) is 6.18 Å². The van der Waals surface area contributed by atoms with Gasteiger partial charge in [-0.2, -0.15) is 13.2 Å². The Labute approximate surface area is 97.2 Å². The van der Waals surface area contributed by atoms with E-state index in [1.807, 2.05) is 13.8 Å². The Hall–Kier alpha value is -0.900. The molecule has 0 bridgehead atoms. The van der Waals surface area contributed by atoms with Crippen molar-refractivity contribution in [3.63, 3.8) is 0 Å². The molecule has 1 aromatic rings. The minimum absolute atomic E-state index is 0.0218. The average molecular weight is 253 g/mol. The maximum absolute atomic E-state index is 12.4. The smallest absolute Gasteiger partial charge is 0.416 e. The van der Waals surface area contributed by atoms with Gasteiger partial charge in [0.2, 0.25) is 0 Å². The molecule has 0 spiro atoms. The standard InChI is InChI=1S/C11H12ClF3O/c1-7(2)6-16-10-4-8(11(13,14)15)3-9(12)5-10/h3-5,7H,6H2,1-2H3. The van der Waals surface area contributed by atoms with E-state index >= 15 is 0 Å². The quantitative estimate of drug-likeness (QED) is 0.775. The SMILES string of the molecule is CC(C)COc1cc(Cl)cc(C(F)(F)F)c1. The average Bonchev–Trinajstić information content (AvgIpc) is 2.12. The van der Waals surface area contributed by atoms with Crippen LogP contribution in [0.15, 0.2) is 18.2 Å². The van der Waals surface area contributed by atoms with E-state index in [0.29, 0.717) is 6.61 Å². The van der Waals surface area contributed by atoms with Gasteiger partial charge in [0.25, 0.3) is 0 Å². The lowest BCUT2D eigenvalue weighted by Crippen LogP contribution is -2.08. The van der Waals surface area contributed by atoms with Gasteiger partial charge in [0.1, 0.15) is 5.75 Å². The third-order valence-electron chi connectivity index (χ3n) is 1.78. The summed E-state index contributed by atoms with van der Waals surface area (Å²) in [6.45, 7) is 4.18. The number of hydrogen-bond acceptors (Lipinski definition) is 1. The van der Waals surface area contributed by atoms with E-state index in [9.17, 15) is 13.2 Å². The lowest BCUT2D eigenvalue weighted by Gasteiger charge is -2.12. The van der Waals surface area contributed by atoms with Crippen LogP contribution in [0.3, 0.4) is 0 Å². The van der Waals surface area contributed by atoms with Crippen molar-refractivity contribution < 1.29 is 17.9 Å². The highest BCUT2D eigenvalue weighted by Gasteiger charge is 2.31. The van der Waals surface area contributed by atoms with Crippen LogP contribution in [-0.4, -0.2) is 6.61 Å². The third kappa shape index (κ3) is 3.93. The Bertz CT molecular complexity index is 361. The van der Waals surface area contributed by atoms with Crippen molar-refractivity contribution in [1.29, 1.82) is 0 Å². The zero-order valence-corrected chi connectivity index (χ0v) is 9.69. The molecule has 0 aromatic heterocycles. The minimum atomic E-state index is -4.40. The molecule has 0 aliphatic rings. The maximum Gasteiger partial charge on any atom is 0.416 e. The van der Waals surface area contributed by atoms with Crippen molar-refractivity contribution in [1.82, 2.24) is 0 Å². The van der Waals surface area contributed by atoms with E-state index in [-0.39, 0.29) is 16.7 Å². The fraction of sp³-hybridized carbons (Fsp3) is 0.455. The maximum atomic E-state index is 12.4. The number of hydrogen-bond donors (Lipinski definition) is 0. The third-order valence-corrected chi connectivity index (χ3v) is 2.00. The van der Waals surface area contributed by atoms with Crippen LogP contribution in [0.1, 0.15) is 19.4 Å². The van der Waals surface area contributed by atoms with Crippen LogP contribution in [0.25, 0.3) is 0 Å². The minimum Gasteiger partial charge on any atom is -0.493 e. The number of alkyl halides is 3. The molecule has 0 aliphatic carbocycles. The molecule has 0 saturated carbocycles. The molecule has 1 rings (SSSR count). The van der Waals surface area contributed by atoms with E-state index in [1.165, 1.54) is 6.07 Å². The molecule has 0 aliphatic heterocycles. The predicted molar refractivity (Wildman–Crippen MR) is 56.8 cm³/mol. The van der Waals surface area contributed by atoms with E-state index in [1.54, 1.807) is 0 Å². The molecule has 0 unspecified atom stereocenters. The summed E-state index contributed by atoms with van der Waals surface area (Å²) in [5.74, 6) is 0.391. The van der Waals surface area contributed by atoms with E-state index in [0.717, 1.165) is 12.1 Å². The van der Waals surface area contributed by atoms with E-state index < -0.39 is 11.7 Å². The second-order valence-corrected chi connectivity index (χ2v) is 4.31. The number of benzene rings is 1. The van der Waals surface area contributed by atoms with Gasteiger partial charge in [-0.3, -0.25) is 0 Å². The van der Waals surface area contributed by atoms with Crippen LogP contribution in [0.2, 0.25) is 5.02 Å². The number of rotatable bonds is 3.